The molecule has 4 rings (SSSR count). The number of aromatic nitrogens is 2. The minimum Gasteiger partial charge on any atom is -0.382 e. The fourth-order valence-corrected chi connectivity index (χ4v) is 4.41. The van der Waals surface area contributed by atoms with Crippen molar-refractivity contribution in [2.45, 2.75) is 52.1 Å². The minimum absolute atomic E-state index is 0.00338. The summed E-state index contributed by atoms with van der Waals surface area (Å²) in [6.45, 7) is 18.9. The van der Waals surface area contributed by atoms with Crippen molar-refractivity contribution in [1.82, 2.24) is 30.0 Å². The number of rotatable bonds is 9. The van der Waals surface area contributed by atoms with Gasteiger partial charge in [-0.3, -0.25) is 20.0 Å². The lowest BCUT2D eigenvalue weighted by Crippen LogP contribution is -2.48. The van der Waals surface area contributed by atoms with Crippen LogP contribution in [0.3, 0.4) is 0 Å². The van der Waals surface area contributed by atoms with Crippen LogP contribution in [0.4, 0.5) is 11.6 Å². The minimum atomic E-state index is -0.629. The zero-order valence-corrected chi connectivity index (χ0v) is 28.0. The summed E-state index contributed by atoms with van der Waals surface area (Å²) in [6, 6.07) is 0. The molecule has 0 radical (unpaired) electrons. The van der Waals surface area contributed by atoms with Gasteiger partial charge in [0.1, 0.15) is 0 Å². The van der Waals surface area contributed by atoms with E-state index in [1.165, 1.54) is 0 Å². The van der Waals surface area contributed by atoms with Crippen LogP contribution >= 0.6 is 11.6 Å². The highest BCUT2D eigenvalue weighted by molar-refractivity contribution is 6.31. The summed E-state index contributed by atoms with van der Waals surface area (Å²) >= 11 is 5.78. The number of nitrogens with two attached hydrogens (primary N) is 3. The lowest BCUT2D eigenvalue weighted by molar-refractivity contribution is -0.126. The molecule has 3 aliphatic rings. The Kier molecular flexibility index (Phi) is 16.0. The largest absolute Gasteiger partial charge is 0.382 e. The van der Waals surface area contributed by atoms with E-state index < -0.39 is 5.91 Å². The second-order valence-corrected chi connectivity index (χ2v) is 12.1. The first-order chi connectivity index (χ1) is 20.7. The Hall–Kier alpha value is -2.37. The number of carbonyl (C=O) groups is 1. The molecule has 0 spiro atoms. The van der Waals surface area contributed by atoms with E-state index in [2.05, 4.69) is 49.1 Å². The van der Waals surface area contributed by atoms with E-state index in [-0.39, 0.29) is 40.0 Å². The van der Waals surface area contributed by atoms with Crippen molar-refractivity contribution in [1.29, 1.82) is 0 Å². The van der Waals surface area contributed by atoms with E-state index in [1.54, 1.807) is 0 Å². The van der Waals surface area contributed by atoms with Gasteiger partial charge in [0, 0.05) is 45.8 Å². The average Bonchev–Trinajstić information content (AvgIpc) is 3.56. The molecule has 7 N–H and O–H groups in total. The molecule has 3 saturated heterocycles. The lowest BCUT2D eigenvalue weighted by atomic mass is 10.2. The Balaban J connectivity index is 0.000000389. The number of halogens is 1. The van der Waals surface area contributed by atoms with E-state index in [0.29, 0.717) is 6.54 Å². The van der Waals surface area contributed by atoms with Crippen LogP contribution in [-0.2, 0) is 18.9 Å². The number of carbonyl (C=O) groups excluding carboxylic acids is 1. The predicted molar refractivity (Wildman–Crippen MR) is 172 cm³/mol. The molecule has 4 heterocycles. The van der Waals surface area contributed by atoms with Gasteiger partial charge >= 0.3 is 0 Å². The third kappa shape index (κ3) is 15.1. The average molecular weight is 645 g/mol. The van der Waals surface area contributed by atoms with Crippen LogP contribution in [0.15, 0.2) is 4.99 Å². The molecule has 1 aromatic rings. The zero-order valence-electron chi connectivity index (χ0n) is 27.2. The topological polar surface area (TPSA) is 192 Å². The summed E-state index contributed by atoms with van der Waals surface area (Å²) in [5, 5.41) is 2.34. The van der Waals surface area contributed by atoms with Gasteiger partial charge in [0.25, 0.3) is 5.91 Å². The zero-order chi connectivity index (χ0) is 32.8. The number of nitrogens with one attached hydrogen (secondary N) is 1. The number of amides is 1. The molecule has 1 amide bonds. The molecule has 0 saturated carbocycles. The highest BCUT2D eigenvalue weighted by Gasteiger charge is 2.24. The molecule has 0 unspecified atom stereocenters. The van der Waals surface area contributed by atoms with Crippen LogP contribution in [0.1, 0.15) is 51.0 Å². The molecule has 3 aliphatic heterocycles. The lowest BCUT2D eigenvalue weighted by Gasteiger charge is -2.35. The third-order valence-corrected chi connectivity index (χ3v) is 7.10. The molecule has 44 heavy (non-hydrogen) atoms. The molecule has 3 fully saturated rings. The SMILES string of the molecule is CC1(C)OCCO1.CC1(C)OCCO1.CN(C)CCN1CCN(CCCCN=C(N)NC(=O)c2nc(Cl)c(N)nc2N)CC1. The highest BCUT2D eigenvalue weighted by atomic mass is 35.5. The number of hydrogen-bond donors (Lipinski definition) is 4. The molecule has 15 nitrogen and oxygen atoms in total. The fraction of sp³-hybridized carbons (Fsp3) is 0.786. The van der Waals surface area contributed by atoms with Crippen LogP contribution in [0, 0.1) is 0 Å². The monoisotopic (exact) mass is 644 g/mol. The van der Waals surface area contributed by atoms with Gasteiger partial charge in [0.15, 0.2) is 40.0 Å². The maximum Gasteiger partial charge on any atom is 0.280 e. The van der Waals surface area contributed by atoms with Crippen LogP contribution in [0.25, 0.3) is 0 Å². The molecule has 0 aliphatic carbocycles. The smallest absolute Gasteiger partial charge is 0.280 e. The quantitative estimate of drug-likeness (QED) is 0.168. The first kappa shape index (κ1) is 37.8. The molecule has 1 aromatic heterocycles. The van der Waals surface area contributed by atoms with Crippen LogP contribution in [0.5, 0.6) is 0 Å². The van der Waals surface area contributed by atoms with E-state index in [4.69, 9.17) is 47.7 Å². The Morgan fingerprint density at radius 1 is 0.886 bits per heavy atom. The second kappa shape index (κ2) is 18.6. The highest BCUT2D eigenvalue weighted by Crippen LogP contribution is 2.18. The molecular formula is C28H53ClN10O5. The summed E-state index contributed by atoms with van der Waals surface area (Å²) in [6.07, 6.45) is 1.90. The van der Waals surface area contributed by atoms with Gasteiger partial charge in [-0.2, -0.15) is 0 Å². The predicted octanol–water partition coefficient (Wildman–Crippen LogP) is 0.837. The van der Waals surface area contributed by atoms with Crippen molar-refractivity contribution >= 4 is 35.1 Å². The van der Waals surface area contributed by atoms with Crippen molar-refractivity contribution in [3.05, 3.63) is 10.8 Å². The van der Waals surface area contributed by atoms with Crippen molar-refractivity contribution in [2.75, 3.05) is 104 Å². The normalized spacial score (nSPS) is 20.0. The Morgan fingerprint density at radius 3 is 1.84 bits per heavy atom. The van der Waals surface area contributed by atoms with E-state index in [1.807, 2.05) is 27.7 Å². The summed E-state index contributed by atoms with van der Waals surface area (Å²) in [5.41, 5.74) is 16.8. The van der Waals surface area contributed by atoms with Gasteiger partial charge in [0.05, 0.1) is 26.4 Å². The number of unbranched alkanes of at least 4 members (excludes halogenated alkanes) is 1. The van der Waals surface area contributed by atoms with E-state index >= 15 is 0 Å². The van der Waals surface area contributed by atoms with Crippen molar-refractivity contribution in [2.24, 2.45) is 10.7 Å². The van der Waals surface area contributed by atoms with Crippen molar-refractivity contribution in [3.8, 4) is 0 Å². The maximum atomic E-state index is 12.2. The number of guanidine groups is 1. The number of anilines is 2. The third-order valence-electron chi connectivity index (χ3n) is 6.82. The number of piperazine rings is 1. The van der Waals surface area contributed by atoms with Gasteiger partial charge in [-0.25, -0.2) is 9.97 Å². The number of nitrogens with zero attached hydrogens (tertiary/aromatic N) is 6. The first-order valence-electron chi connectivity index (χ1n) is 15.0. The summed E-state index contributed by atoms with van der Waals surface area (Å²) < 4.78 is 20.5. The summed E-state index contributed by atoms with van der Waals surface area (Å²) in [4.78, 5) is 31.2. The Bertz CT molecular complexity index is 1020. The van der Waals surface area contributed by atoms with Crippen LogP contribution < -0.4 is 22.5 Å². The van der Waals surface area contributed by atoms with Gasteiger partial charge in [0.2, 0.25) is 0 Å². The first-order valence-corrected chi connectivity index (χ1v) is 15.4. The maximum absolute atomic E-state index is 12.2. The standard InChI is InChI=1S/C18H33ClN10O.2C5H10O2/c1-27(2)7-8-29-11-9-28(10-12-29)6-4-3-5-23-18(22)26-17(30)13-15(20)25-16(21)14(19)24-13;2*1-5(2)6-3-4-7-5/h3-12H2,1-2H3,(H4,20,21,25)(H3,22,23,26,30);2*3-4H2,1-2H3. The van der Waals surface area contributed by atoms with Crippen molar-refractivity contribution < 1.29 is 23.7 Å². The van der Waals surface area contributed by atoms with Gasteiger partial charge in [-0.1, -0.05) is 11.6 Å². The molecular weight excluding hydrogens is 592 g/mol. The number of hydrogen-bond acceptors (Lipinski definition) is 13. The van der Waals surface area contributed by atoms with Gasteiger partial charge in [-0.15, -0.1) is 0 Å². The van der Waals surface area contributed by atoms with E-state index in [9.17, 15) is 4.79 Å². The van der Waals surface area contributed by atoms with Crippen molar-refractivity contribution in [3.63, 3.8) is 0 Å². The number of ether oxygens (including phenoxy) is 4. The molecule has 252 valence electrons. The Morgan fingerprint density at radius 2 is 1.39 bits per heavy atom. The number of likely N-dealkylation sites (N-methyl/N-ethyl adjacent to an activating group) is 1. The van der Waals surface area contributed by atoms with Gasteiger partial charge in [-0.05, 0) is 61.2 Å². The van der Waals surface area contributed by atoms with Gasteiger partial charge < -0.3 is 45.9 Å². The summed E-state index contributed by atoms with van der Waals surface area (Å²) in [7, 11) is 4.21. The second-order valence-electron chi connectivity index (χ2n) is 11.7. The number of aliphatic imine (C=N–C) groups is 1. The fourth-order valence-electron chi connectivity index (χ4n) is 4.28. The molecule has 0 atom stereocenters. The van der Waals surface area contributed by atoms with Crippen LogP contribution in [-0.4, -0.2) is 141 Å². The molecule has 0 aromatic carbocycles. The van der Waals surface area contributed by atoms with E-state index in [0.717, 1.165) is 85.1 Å². The number of nitrogen functional groups attached to an aromatic ring is 2. The van der Waals surface area contributed by atoms with Crippen LogP contribution in [0.2, 0.25) is 5.15 Å². The Labute approximate surface area is 266 Å². The summed E-state index contributed by atoms with van der Waals surface area (Å²) in [5.74, 6) is -1.40. The molecule has 16 heteroatoms. The molecule has 0 bridgehead atoms.